The summed E-state index contributed by atoms with van der Waals surface area (Å²) in [7, 11) is 0. The SMILES string of the molecule is C[C@@H](OC(=O)c1ccc(-c2cccc(C(F)(F)F)c2)o1)C(N)=O. The fraction of sp³-hybridized carbons (Fsp3) is 0.200. The molecule has 5 nitrogen and oxygen atoms in total. The fourth-order valence-corrected chi connectivity index (χ4v) is 1.73. The number of ether oxygens (including phenoxy) is 1. The van der Waals surface area contributed by atoms with E-state index in [1.165, 1.54) is 31.2 Å². The second-order valence-electron chi connectivity index (χ2n) is 4.69. The smallest absolute Gasteiger partial charge is 0.416 e. The molecular formula is C15H12F3NO4. The van der Waals surface area contributed by atoms with Crippen LogP contribution < -0.4 is 5.73 Å². The average Bonchev–Trinajstić information content (AvgIpc) is 2.96. The van der Waals surface area contributed by atoms with Crippen LogP contribution in [0.5, 0.6) is 0 Å². The largest absolute Gasteiger partial charge is 0.449 e. The Hall–Kier alpha value is -2.77. The summed E-state index contributed by atoms with van der Waals surface area (Å²) >= 11 is 0. The second kappa shape index (κ2) is 6.15. The van der Waals surface area contributed by atoms with Gasteiger partial charge in [0.15, 0.2) is 6.10 Å². The van der Waals surface area contributed by atoms with Gasteiger partial charge in [-0.2, -0.15) is 13.2 Å². The Labute approximate surface area is 128 Å². The highest BCUT2D eigenvalue weighted by molar-refractivity contribution is 5.90. The molecule has 0 bridgehead atoms. The topological polar surface area (TPSA) is 82.5 Å². The van der Waals surface area contributed by atoms with Crippen LogP contribution in [0.4, 0.5) is 13.2 Å². The molecule has 23 heavy (non-hydrogen) atoms. The van der Waals surface area contributed by atoms with E-state index in [0.717, 1.165) is 12.1 Å². The molecule has 0 aliphatic rings. The highest BCUT2D eigenvalue weighted by Gasteiger charge is 2.30. The first-order chi connectivity index (χ1) is 10.7. The first kappa shape index (κ1) is 16.6. The van der Waals surface area contributed by atoms with Crippen molar-refractivity contribution in [1.29, 1.82) is 0 Å². The van der Waals surface area contributed by atoms with E-state index >= 15 is 0 Å². The zero-order valence-electron chi connectivity index (χ0n) is 11.9. The minimum atomic E-state index is -4.48. The molecule has 0 spiro atoms. The van der Waals surface area contributed by atoms with Crippen molar-refractivity contribution < 1.29 is 31.9 Å². The zero-order valence-corrected chi connectivity index (χ0v) is 11.9. The van der Waals surface area contributed by atoms with Gasteiger partial charge in [-0.3, -0.25) is 4.79 Å². The van der Waals surface area contributed by atoms with Crippen LogP contribution in [0.15, 0.2) is 40.8 Å². The standard InChI is InChI=1S/C15H12F3NO4/c1-8(13(19)20)22-14(21)12-6-5-11(23-12)9-3-2-4-10(7-9)15(16,17)18/h2-8H,1H3,(H2,19,20)/t8-/m1/s1. The lowest BCUT2D eigenvalue weighted by atomic mass is 10.1. The molecule has 122 valence electrons. The number of carbonyl (C=O) groups is 2. The molecule has 2 aromatic rings. The number of carbonyl (C=O) groups excluding carboxylic acids is 2. The molecule has 1 atom stereocenters. The van der Waals surface area contributed by atoms with Crippen LogP contribution in [-0.4, -0.2) is 18.0 Å². The van der Waals surface area contributed by atoms with E-state index in [9.17, 15) is 22.8 Å². The number of hydrogen-bond acceptors (Lipinski definition) is 4. The van der Waals surface area contributed by atoms with Gasteiger partial charge in [0.1, 0.15) is 5.76 Å². The first-order valence-electron chi connectivity index (χ1n) is 6.46. The predicted molar refractivity (Wildman–Crippen MR) is 73.2 cm³/mol. The third kappa shape index (κ3) is 3.91. The van der Waals surface area contributed by atoms with E-state index in [1.807, 2.05) is 0 Å². The maximum Gasteiger partial charge on any atom is 0.416 e. The maximum atomic E-state index is 12.7. The quantitative estimate of drug-likeness (QED) is 0.875. The summed E-state index contributed by atoms with van der Waals surface area (Å²) in [6.07, 6.45) is -5.63. The monoisotopic (exact) mass is 327 g/mol. The number of amides is 1. The normalized spacial score (nSPS) is 12.7. The van der Waals surface area contributed by atoms with Crippen molar-refractivity contribution in [2.75, 3.05) is 0 Å². The Morgan fingerprint density at radius 2 is 1.91 bits per heavy atom. The van der Waals surface area contributed by atoms with E-state index in [-0.39, 0.29) is 17.1 Å². The van der Waals surface area contributed by atoms with Gasteiger partial charge in [0.2, 0.25) is 5.76 Å². The van der Waals surface area contributed by atoms with Crippen LogP contribution in [0.25, 0.3) is 11.3 Å². The van der Waals surface area contributed by atoms with Crippen LogP contribution in [-0.2, 0) is 15.7 Å². The lowest BCUT2D eigenvalue weighted by Gasteiger charge is -2.08. The molecule has 0 saturated carbocycles. The van der Waals surface area contributed by atoms with Crippen molar-refractivity contribution in [2.24, 2.45) is 5.73 Å². The molecule has 1 amide bonds. The molecule has 2 N–H and O–H groups in total. The lowest BCUT2D eigenvalue weighted by molar-refractivity contribution is -0.137. The summed E-state index contributed by atoms with van der Waals surface area (Å²) in [6, 6.07) is 7.05. The third-order valence-corrected chi connectivity index (χ3v) is 2.97. The van der Waals surface area contributed by atoms with Crippen LogP contribution in [0.2, 0.25) is 0 Å². The highest BCUT2D eigenvalue weighted by atomic mass is 19.4. The van der Waals surface area contributed by atoms with E-state index in [1.54, 1.807) is 0 Å². The minimum Gasteiger partial charge on any atom is -0.449 e. The van der Waals surface area contributed by atoms with Gasteiger partial charge in [0, 0.05) is 5.56 Å². The number of rotatable bonds is 4. The third-order valence-electron chi connectivity index (χ3n) is 2.97. The van der Waals surface area contributed by atoms with Crippen LogP contribution in [0.3, 0.4) is 0 Å². The first-order valence-corrected chi connectivity index (χ1v) is 6.46. The van der Waals surface area contributed by atoms with Crippen molar-refractivity contribution in [1.82, 2.24) is 0 Å². The van der Waals surface area contributed by atoms with Crippen LogP contribution in [0, 0.1) is 0 Å². The van der Waals surface area contributed by atoms with Crippen LogP contribution in [0.1, 0.15) is 23.0 Å². The predicted octanol–water partition coefficient (Wildman–Crippen LogP) is 3.00. The molecule has 0 aliphatic carbocycles. The Kier molecular flexibility index (Phi) is 4.44. The van der Waals surface area contributed by atoms with Crippen molar-refractivity contribution in [3.63, 3.8) is 0 Å². The Morgan fingerprint density at radius 3 is 2.52 bits per heavy atom. The van der Waals surface area contributed by atoms with Gasteiger partial charge in [-0.1, -0.05) is 12.1 Å². The maximum absolute atomic E-state index is 12.7. The molecule has 0 fully saturated rings. The van der Waals surface area contributed by atoms with Gasteiger partial charge in [-0.15, -0.1) is 0 Å². The molecule has 0 radical (unpaired) electrons. The van der Waals surface area contributed by atoms with Gasteiger partial charge >= 0.3 is 12.1 Å². The molecule has 1 aromatic carbocycles. The van der Waals surface area contributed by atoms with Crippen LogP contribution >= 0.6 is 0 Å². The summed E-state index contributed by atoms with van der Waals surface area (Å²) in [5.74, 6) is -1.95. The summed E-state index contributed by atoms with van der Waals surface area (Å²) < 4.78 is 48.0. The Morgan fingerprint density at radius 1 is 1.22 bits per heavy atom. The molecule has 8 heteroatoms. The number of nitrogens with two attached hydrogens (primary N) is 1. The van der Waals surface area contributed by atoms with E-state index < -0.39 is 29.7 Å². The molecule has 1 aromatic heterocycles. The molecule has 0 aliphatic heterocycles. The number of hydrogen-bond donors (Lipinski definition) is 1. The zero-order chi connectivity index (χ0) is 17.2. The van der Waals surface area contributed by atoms with Crippen molar-refractivity contribution >= 4 is 11.9 Å². The highest BCUT2D eigenvalue weighted by Crippen LogP contribution is 2.32. The molecule has 0 unspecified atom stereocenters. The number of primary amides is 1. The number of halogens is 3. The molecule has 0 saturated heterocycles. The van der Waals surface area contributed by atoms with Gasteiger partial charge in [0.25, 0.3) is 5.91 Å². The van der Waals surface area contributed by atoms with E-state index in [4.69, 9.17) is 14.9 Å². The summed E-state index contributed by atoms with van der Waals surface area (Å²) in [5.41, 5.74) is 4.28. The number of esters is 1. The van der Waals surface area contributed by atoms with E-state index in [2.05, 4.69) is 0 Å². The fourth-order valence-electron chi connectivity index (χ4n) is 1.73. The molecule has 1 heterocycles. The van der Waals surface area contributed by atoms with Gasteiger partial charge in [0.05, 0.1) is 5.56 Å². The molecule has 2 rings (SSSR count). The van der Waals surface area contributed by atoms with Crippen molar-refractivity contribution in [3.05, 3.63) is 47.7 Å². The van der Waals surface area contributed by atoms with E-state index in [0.29, 0.717) is 0 Å². The van der Waals surface area contributed by atoms with Crippen molar-refractivity contribution in [3.8, 4) is 11.3 Å². The number of alkyl halides is 3. The Bertz CT molecular complexity index is 736. The number of furan rings is 1. The van der Waals surface area contributed by atoms with Gasteiger partial charge in [-0.25, -0.2) is 4.79 Å². The number of benzene rings is 1. The second-order valence-corrected chi connectivity index (χ2v) is 4.69. The van der Waals surface area contributed by atoms with Crippen molar-refractivity contribution in [2.45, 2.75) is 19.2 Å². The van der Waals surface area contributed by atoms with Gasteiger partial charge in [-0.05, 0) is 31.2 Å². The molecular weight excluding hydrogens is 315 g/mol. The average molecular weight is 327 g/mol. The summed E-state index contributed by atoms with van der Waals surface area (Å²) in [4.78, 5) is 22.6. The Balaban J connectivity index is 2.23. The summed E-state index contributed by atoms with van der Waals surface area (Å²) in [6.45, 7) is 1.29. The lowest BCUT2D eigenvalue weighted by Crippen LogP contribution is -2.30. The van der Waals surface area contributed by atoms with Gasteiger partial charge < -0.3 is 14.9 Å². The minimum absolute atomic E-state index is 0.0646. The summed E-state index contributed by atoms with van der Waals surface area (Å²) in [5, 5.41) is 0.